The van der Waals surface area contributed by atoms with E-state index in [0.717, 1.165) is 36.2 Å². The Morgan fingerprint density at radius 1 is 0.700 bits per heavy atom. The van der Waals surface area contributed by atoms with Crippen LogP contribution in [0, 0.1) is 17.5 Å². The van der Waals surface area contributed by atoms with Crippen molar-refractivity contribution in [1.82, 2.24) is 0 Å². The Morgan fingerprint density at radius 3 is 2.10 bits per heavy atom. The number of halogens is 3. The Morgan fingerprint density at radius 2 is 1.40 bits per heavy atom. The zero-order valence-corrected chi connectivity index (χ0v) is 17.9. The van der Waals surface area contributed by atoms with E-state index in [4.69, 9.17) is 0 Å². The molecule has 1 aromatic heterocycles. The number of rotatable bonds is 6. The van der Waals surface area contributed by atoms with E-state index in [2.05, 4.69) is 6.92 Å². The predicted octanol–water partition coefficient (Wildman–Crippen LogP) is 8.56. The minimum atomic E-state index is -0.861. The van der Waals surface area contributed by atoms with Crippen LogP contribution in [0.5, 0.6) is 0 Å². The Hall–Kier alpha value is -2.59. The van der Waals surface area contributed by atoms with Gasteiger partial charge in [-0.1, -0.05) is 75.2 Å². The minimum Gasteiger partial charge on any atom is -0.205 e. The Labute approximate surface area is 179 Å². The molecule has 3 aromatic carbocycles. The molecule has 0 radical (unpaired) electrons. The summed E-state index contributed by atoms with van der Waals surface area (Å²) in [6.07, 6.45) is 3.29. The third kappa shape index (κ3) is 3.77. The molecule has 4 rings (SSSR count). The summed E-state index contributed by atoms with van der Waals surface area (Å²) in [5, 5.41) is 0.691. The molecule has 0 atom stereocenters. The van der Waals surface area contributed by atoms with Crippen LogP contribution in [0.25, 0.3) is 31.7 Å². The van der Waals surface area contributed by atoms with Crippen molar-refractivity contribution in [3.05, 3.63) is 83.2 Å². The van der Waals surface area contributed by atoms with E-state index in [0.29, 0.717) is 32.5 Å². The van der Waals surface area contributed by atoms with Crippen LogP contribution in [-0.4, -0.2) is 0 Å². The van der Waals surface area contributed by atoms with E-state index in [9.17, 15) is 8.78 Å². The van der Waals surface area contributed by atoms with Crippen LogP contribution in [0.3, 0.4) is 0 Å². The summed E-state index contributed by atoms with van der Waals surface area (Å²) < 4.78 is 44.9. The maximum absolute atomic E-state index is 15.3. The van der Waals surface area contributed by atoms with Gasteiger partial charge in [0, 0.05) is 16.0 Å². The molecule has 30 heavy (non-hydrogen) atoms. The average molecular weight is 425 g/mol. The van der Waals surface area contributed by atoms with Gasteiger partial charge >= 0.3 is 0 Å². The van der Waals surface area contributed by atoms with Gasteiger partial charge in [-0.25, -0.2) is 13.2 Å². The summed E-state index contributed by atoms with van der Waals surface area (Å²) in [5.41, 5.74) is 3.11. The third-order valence-electron chi connectivity index (χ3n) is 5.38. The Bertz CT molecular complexity index is 1190. The number of benzene rings is 3. The van der Waals surface area contributed by atoms with Gasteiger partial charge in [0.25, 0.3) is 0 Å². The van der Waals surface area contributed by atoms with Crippen LogP contribution in [0.15, 0.2) is 54.6 Å². The quantitative estimate of drug-likeness (QED) is 0.291. The van der Waals surface area contributed by atoms with Crippen molar-refractivity contribution in [1.29, 1.82) is 0 Å². The highest BCUT2D eigenvalue weighted by Crippen LogP contribution is 2.40. The van der Waals surface area contributed by atoms with E-state index in [-0.39, 0.29) is 11.4 Å². The lowest BCUT2D eigenvalue weighted by atomic mass is 10.0. The molecule has 0 unspecified atom stereocenters. The lowest BCUT2D eigenvalue weighted by Crippen LogP contribution is -1.96. The monoisotopic (exact) mass is 424 g/mol. The van der Waals surface area contributed by atoms with Crippen LogP contribution < -0.4 is 0 Å². The van der Waals surface area contributed by atoms with Gasteiger partial charge in [-0.3, -0.25) is 0 Å². The number of fused-ring (bicyclic) bond motifs is 1. The van der Waals surface area contributed by atoms with Crippen molar-refractivity contribution >= 4 is 21.4 Å². The van der Waals surface area contributed by atoms with Gasteiger partial charge < -0.3 is 0 Å². The highest BCUT2D eigenvalue weighted by atomic mass is 32.1. The van der Waals surface area contributed by atoms with E-state index < -0.39 is 11.6 Å². The maximum atomic E-state index is 15.3. The molecular formula is C26H23F3S. The molecule has 0 saturated heterocycles. The molecule has 4 aromatic rings. The molecule has 0 aliphatic heterocycles. The lowest BCUT2D eigenvalue weighted by molar-refractivity contribution is 0.500. The van der Waals surface area contributed by atoms with E-state index in [1.807, 2.05) is 37.3 Å². The molecule has 0 aliphatic carbocycles. The zero-order valence-electron chi connectivity index (χ0n) is 17.1. The molecule has 0 aliphatic rings. The summed E-state index contributed by atoms with van der Waals surface area (Å²) in [6, 6.07) is 16.5. The number of hydrogen-bond donors (Lipinski definition) is 0. The molecule has 1 heterocycles. The normalized spacial score (nSPS) is 11.4. The fourth-order valence-electron chi connectivity index (χ4n) is 3.81. The molecule has 4 heteroatoms. The van der Waals surface area contributed by atoms with E-state index >= 15 is 4.39 Å². The number of aryl methyl sites for hydroxylation is 2. The van der Waals surface area contributed by atoms with Crippen LogP contribution >= 0.6 is 11.3 Å². The van der Waals surface area contributed by atoms with Gasteiger partial charge in [-0.2, -0.15) is 0 Å². The summed E-state index contributed by atoms with van der Waals surface area (Å²) >= 11 is 1.16. The van der Waals surface area contributed by atoms with Gasteiger partial charge in [0.05, 0.1) is 4.70 Å². The SMILES string of the molecule is CCCc1ccc(-c2ccc3cc(-c4ccc(CCC)c(F)c4F)sc3c2F)cc1. The van der Waals surface area contributed by atoms with Gasteiger partial charge in [-0.15, -0.1) is 11.3 Å². The number of thiophene rings is 1. The fraction of sp³-hybridized carbons (Fsp3) is 0.231. The average Bonchev–Trinajstić information content (AvgIpc) is 3.18. The molecule has 0 saturated carbocycles. The van der Waals surface area contributed by atoms with Crippen molar-refractivity contribution in [2.75, 3.05) is 0 Å². The van der Waals surface area contributed by atoms with Crippen molar-refractivity contribution in [2.45, 2.75) is 39.5 Å². The van der Waals surface area contributed by atoms with Gasteiger partial charge in [0.2, 0.25) is 0 Å². The van der Waals surface area contributed by atoms with Crippen LogP contribution in [0.1, 0.15) is 37.8 Å². The second-order valence-corrected chi connectivity index (χ2v) is 8.61. The Kier molecular flexibility index (Phi) is 5.96. The lowest BCUT2D eigenvalue weighted by Gasteiger charge is -2.06. The van der Waals surface area contributed by atoms with Crippen molar-refractivity contribution in [3.8, 4) is 21.6 Å². The van der Waals surface area contributed by atoms with Gasteiger partial charge in [-0.05, 0) is 41.0 Å². The highest BCUT2D eigenvalue weighted by molar-refractivity contribution is 7.22. The second-order valence-electron chi connectivity index (χ2n) is 7.55. The third-order valence-corrected chi connectivity index (χ3v) is 6.55. The van der Waals surface area contributed by atoms with E-state index in [1.165, 1.54) is 5.56 Å². The largest absolute Gasteiger partial charge is 0.205 e. The molecular weight excluding hydrogens is 401 g/mol. The Balaban J connectivity index is 1.75. The van der Waals surface area contributed by atoms with Gasteiger partial charge in [0.1, 0.15) is 5.82 Å². The summed E-state index contributed by atoms with van der Waals surface area (Å²) in [7, 11) is 0. The molecule has 0 amide bonds. The zero-order chi connectivity index (χ0) is 21.3. The van der Waals surface area contributed by atoms with Gasteiger partial charge in [0.15, 0.2) is 11.6 Å². The second kappa shape index (κ2) is 8.65. The van der Waals surface area contributed by atoms with E-state index in [1.54, 1.807) is 24.3 Å². The van der Waals surface area contributed by atoms with Crippen molar-refractivity contribution < 1.29 is 13.2 Å². The molecule has 0 spiro atoms. The summed E-state index contributed by atoms with van der Waals surface area (Å²) in [5.74, 6) is -1.99. The van der Waals surface area contributed by atoms with Crippen molar-refractivity contribution in [2.24, 2.45) is 0 Å². The molecule has 154 valence electrons. The topological polar surface area (TPSA) is 0 Å². The standard InChI is InChI=1S/C26H23F3S/c1-3-5-16-7-9-17(10-8-16)20-13-12-19-15-22(30-26(19)25(20)29)21-14-11-18(6-4-2)23(27)24(21)28/h7-15H,3-6H2,1-2H3. The predicted molar refractivity (Wildman–Crippen MR) is 121 cm³/mol. The first-order valence-electron chi connectivity index (χ1n) is 10.3. The first kappa shape index (κ1) is 20.7. The number of hydrogen-bond acceptors (Lipinski definition) is 1. The minimum absolute atomic E-state index is 0.179. The molecule has 0 fully saturated rings. The van der Waals surface area contributed by atoms with Crippen LogP contribution in [-0.2, 0) is 12.8 Å². The first-order chi connectivity index (χ1) is 14.5. The molecule has 0 bridgehead atoms. The molecule has 0 nitrogen and oxygen atoms in total. The summed E-state index contributed by atoms with van der Waals surface area (Å²) in [6.45, 7) is 4.05. The molecule has 0 N–H and O–H groups in total. The smallest absolute Gasteiger partial charge is 0.167 e. The maximum Gasteiger partial charge on any atom is 0.167 e. The van der Waals surface area contributed by atoms with Crippen LogP contribution in [0.4, 0.5) is 13.2 Å². The fourth-order valence-corrected chi connectivity index (χ4v) is 4.92. The van der Waals surface area contributed by atoms with Crippen LogP contribution in [0.2, 0.25) is 0 Å². The first-order valence-corrected chi connectivity index (χ1v) is 11.1. The van der Waals surface area contributed by atoms with Crippen molar-refractivity contribution in [3.63, 3.8) is 0 Å². The highest BCUT2D eigenvalue weighted by Gasteiger charge is 2.18. The summed E-state index contributed by atoms with van der Waals surface area (Å²) in [4.78, 5) is 0.527.